The van der Waals surface area contributed by atoms with Gasteiger partial charge >= 0.3 is 0 Å². The number of nitrogens with one attached hydrogen (secondary N) is 1. The fourth-order valence-corrected chi connectivity index (χ4v) is 3.98. The topological polar surface area (TPSA) is 49.6 Å². The Balaban J connectivity index is 1.96. The first-order valence-electron chi connectivity index (χ1n) is 7.22. The van der Waals surface area contributed by atoms with Crippen LogP contribution in [0.1, 0.15) is 22.0 Å². The van der Waals surface area contributed by atoms with E-state index in [2.05, 4.69) is 38.6 Å². The van der Waals surface area contributed by atoms with Crippen LogP contribution in [0, 0.1) is 0 Å². The van der Waals surface area contributed by atoms with Crippen molar-refractivity contribution in [3.05, 3.63) is 68.7 Å². The van der Waals surface area contributed by atoms with Gasteiger partial charge in [0.1, 0.15) is 11.9 Å². The molecule has 23 heavy (non-hydrogen) atoms. The van der Waals surface area contributed by atoms with Gasteiger partial charge in [0, 0.05) is 34.6 Å². The van der Waals surface area contributed by atoms with E-state index in [1.165, 1.54) is 4.88 Å². The Hall–Kier alpha value is -2.31. The Morgan fingerprint density at radius 2 is 2.09 bits per heavy atom. The molecule has 0 amide bonds. The molecule has 3 aromatic heterocycles. The van der Waals surface area contributed by atoms with Crippen molar-refractivity contribution in [1.29, 1.82) is 0 Å². The number of likely N-dealkylation sites (N-methyl/N-ethyl adjacent to an activating group) is 1. The zero-order valence-corrected chi connectivity index (χ0v) is 14.1. The van der Waals surface area contributed by atoms with Crippen LogP contribution in [0.25, 0.3) is 0 Å². The standard InChI is InChI=1S/C17H14N4S2/c1-18-17-15(13-5-3-8-23-13)20-14(11-6-9-22-10-11)12-4-2-7-19-16(12)21-17/h2-10,15H,1H3,(H,18,19,21). The maximum Gasteiger partial charge on any atom is 0.163 e. The van der Waals surface area contributed by atoms with Crippen molar-refractivity contribution in [3.8, 4) is 0 Å². The third-order valence-corrected chi connectivity index (χ3v) is 5.26. The zero-order valence-electron chi connectivity index (χ0n) is 12.4. The van der Waals surface area contributed by atoms with E-state index in [0.29, 0.717) is 5.82 Å². The van der Waals surface area contributed by atoms with Gasteiger partial charge in [-0.25, -0.2) is 9.98 Å². The minimum atomic E-state index is -0.135. The lowest BCUT2D eigenvalue weighted by Crippen LogP contribution is -2.24. The quantitative estimate of drug-likeness (QED) is 0.766. The van der Waals surface area contributed by atoms with Crippen molar-refractivity contribution in [3.63, 3.8) is 0 Å². The molecule has 3 aromatic rings. The molecule has 4 heterocycles. The maximum atomic E-state index is 5.05. The number of nitrogens with zero attached hydrogens (tertiary/aromatic N) is 3. The average molecular weight is 338 g/mol. The first kappa shape index (κ1) is 14.3. The second-order valence-electron chi connectivity index (χ2n) is 5.03. The summed E-state index contributed by atoms with van der Waals surface area (Å²) in [4.78, 5) is 15.4. The second kappa shape index (κ2) is 6.06. The molecule has 0 saturated heterocycles. The summed E-state index contributed by atoms with van der Waals surface area (Å²) in [5.41, 5.74) is 3.03. The van der Waals surface area contributed by atoms with E-state index in [0.717, 1.165) is 22.7 Å². The van der Waals surface area contributed by atoms with Crippen LogP contribution in [0.5, 0.6) is 0 Å². The van der Waals surface area contributed by atoms with Crippen molar-refractivity contribution < 1.29 is 0 Å². The van der Waals surface area contributed by atoms with Crippen LogP contribution in [-0.2, 0) is 0 Å². The van der Waals surface area contributed by atoms with Crippen molar-refractivity contribution >= 4 is 40.0 Å². The highest BCUT2D eigenvalue weighted by Crippen LogP contribution is 2.32. The number of amidine groups is 1. The summed E-state index contributed by atoms with van der Waals surface area (Å²) < 4.78 is 0. The fourth-order valence-electron chi connectivity index (χ4n) is 2.57. The van der Waals surface area contributed by atoms with E-state index >= 15 is 0 Å². The Morgan fingerprint density at radius 3 is 2.83 bits per heavy atom. The van der Waals surface area contributed by atoms with E-state index < -0.39 is 0 Å². The van der Waals surface area contributed by atoms with E-state index in [1.54, 1.807) is 28.9 Å². The lowest BCUT2D eigenvalue weighted by Gasteiger charge is -2.13. The Kier molecular flexibility index (Phi) is 3.77. The molecular weight excluding hydrogens is 324 g/mol. The van der Waals surface area contributed by atoms with Gasteiger partial charge in [0.25, 0.3) is 0 Å². The highest BCUT2D eigenvalue weighted by atomic mass is 32.1. The van der Waals surface area contributed by atoms with Gasteiger partial charge in [0.2, 0.25) is 0 Å². The smallest absolute Gasteiger partial charge is 0.163 e. The van der Waals surface area contributed by atoms with Gasteiger partial charge in [-0.1, -0.05) is 6.07 Å². The van der Waals surface area contributed by atoms with Gasteiger partial charge in [-0.15, -0.1) is 11.3 Å². The molecule has 1 N–H and O–H groups in total. The number of pyridine rings is 1. The summed E-state index contributed by atoms with van der Waals surface area (Å²) in [6.45, 7) is 0. The molecular formula is C17H14N4S2. The van der Waals surface area contributed by atoms with Gasteiger partial charge in [0.05, 0.1) is 5.71 Å². The summed E-state index contributed by atoms with van der Waals surface area (Å²) in [7, 11) is 1.88. The molecule has 0 aromatic carbocycles. The third kappa shape index (κ3) is 2.60. The molecule has 0 radical (unpaired) electrons. The van der Waals surface area contributed by atoms with Crippen LogP contribution >= 0.6 is 22.7 Å². The molecule has 1 aliphatic heterocycles. The molecule has 0 fully saturated rings. The normalized spacial score (nSPS) is 17.0. The predicted octanol–water partition coefficient (Wildman–Crippen LogP) is 4.05. The third-order valence-electron chi connectivity index (χ3n) is 3.65. The van der Waals surface area contributed by atoms with Crippen LogP contribution in [0.4, 0.5) is 5.82 Å². The van der Waals surface area contributed by atoms with Crippen LogP contribution < -0.4 is 5.32 Å². The highest BCUT2D eigenvalue weighted by molar-refractivity contribution is 7.10. The molecule has 1 unspecified atom stereocenters. The molecule has 4 rings (SSSR count). The van der Waals surface area contributed by atoms with Gasteiger partial charge in [-0.3, -0.25) is 4.99 Å². The molecule has 0 saturated carbocycles. The van der Waals surface area contributed by atoms with E-state index in [-0.39, 0.29) is 6.04 Å². The van der Waals surface area contributed by atoms with E-state index in [1.807, 2.05) is 25.2 Å². The summed E-state index contributed by atoms with van der Waals surface area (Å²) in [6.07, 6.45) is 1.77. The molecule has 0 bridgehead atoms. The lowest BCUT2D eigenvalue weighted by atomic mass is 10.1. The van der Waals surface area contributed by atoms with Crippen molar-refractivity contribution in [2.45, 2.75) is 6.04 Å². The highest BCUT2D eigenvalue weighted by Gasteiger charge is 2.25. The molecule has 6 heteroatoms. The number of thiophene rings is 2. The Labute approximate surface area is 142 Å². The van der Waals surface area contributed by atoms with Crippen LogP contribution in [0.2, 0.25) is 0 Å². The molecule has 1 atom stereocenters. The van der Waals surface area contributed by atoms with Gasteiger partial charge in [-0.2, -0.15) is 11.3 Å². The van der Waals surface area contributed by atoms with Crippen LogP contribution in [0.15, 0.2) is 62.7 Å². The minimum absolute atomic E-state index is 0.135. The average Bonchev–Trinajstić information content (AvgIpc) is 3.26. The van der Waals surface area contributed by atoms with Crippen LogP contribution in [-0.4, -0.2) is 23.6 Å². The van der Waals surface area contributed by atoms with E-state index in [9.17, 15) is 0 Å². The molecule has 4 nitrogen and oxygen atoms in total. The second-order valence-corrected chi connectivity index (χ2v) is 6.79. The first-order chi connectivity index (χ1) is 11.4. The van der Waals surface area contributed by atoms with Crippen molar-refractivity contribution in [2.24, 2.45) is 9.98 Å². The number of hydrogen-bond acceptors (Lipinski definition) is 6. The molecule has 114 valence electrons. The van der Waals surface area contributed by atoms with Gasteiger partial charge in [-0.05, 0) is 35.0 Å². The number of aromatic nitrogens is 1. The summed E-state index contributed by atoms with van der Waals surface area (Å²) in [5.74, 6) is 1.53. The Bertz CT molecular complexity index is 864. The largest absolute Gasteiger partial charge is 0.374 e. The maximum absolute atomic E-state index is 5.05. The first-order valence-corrected chi connectivity index (χ1v) is 9.04. The molecule has 1 aliphatic rings. The number of fused-ring (bicyclic) bond motifs is 1. The summed E-state index contributed by atoms with van der Waals surface area (Å²) in [6, 6.07) is 10.1. The van der Waals surface area contributed by atoms with Crippen molar-refractivity contribution in [1.82, 2.24) is 10.3 Å². The fraction of sp³-hybridized carbons (Fsp3) is 0.118. The van der Waals surface area contributed by atoms with Gasteiger partial charge in [0.15, 0.2) is 5.82 Å². The number of rotatable bonds is 2. The summed E-state index contributed by atoms with van der Waals surface area (Å²) in [5, 5.41) is 9.45. The van der Waals surface area contributed by atoms with Gasteiger partial charge < -0.3 is 5.32 Å². The minimum Gasteiger partial charge on any atom is -0.374 e. The zero-order chi connectivity index (χ0) is 15.6. The molecule has 0 aliphatic carbocycles. The Morgan fingerprint density at radius 1 is 1.13 bits per heavy atom. The lowest BCUT2D eigenvalue weighted by molar-refractivity contribution is 0.927. The van der Waals surface area contributed by atoms with Crippen LogP contribution in [0.3, 0.4) is 0 Å². The molecule has 0 spiro atoms. The van der Waals surface area contributed by atoms with E-state index in [4.69, 9.17) is 9.98 Å². The number of aliphatic imine (C=N–C) groups is 2. The summed E-state index contributed by atoms with van der Waals surface area (Å²) >= 11 is 3.36. The predicted molar refractivity (Wildman–Crippen MR) is 97.4 cm³/mol. The number of hydrogen-bond donors (Lipinski definition) is 1. The van der Waals surface area contributed by atoms with Crippen molar-refractivity contribution in [2.75, 3.05) is 7.05 Å². The SMILES string of the molecule is CNC1=Nc2ncccc2C(c2ccsc2)=NC1c1cccs1. The monoisotopic (exact) mass is 338 g/mol.